The number of hydrogen-bond donors (Lipinski definition) is 1. The molecule has 1 aliphatic heterocycles. The van der Waals surface area contributed by atoms with Crippen LogP contribution >= 0.6 is 0 Å². The van der Waals surface area contributed by atoms with Crippen LogP contribution in [0, 0.1) is 5.41 Å². The number of nitrogens with one attached hydrogen (secondary N) is 1. The van der Waals surface area contributed by atoms with E-state index in [9.17, 15) is 8.42 Å². The maximum absolute atomic E-state index is 12.8. The molecule has 0 amide bonds. The largest absolute Gasteiger partial charge is 0.297 e. The van der Waals surface area contributed by atoms with Crippen molar-refractivity contribution in [2.45, 2.75) is 44.7 Å². The molecule has 0 spiro atoms. The van der Waals surface area contributed by atoms with E-state index < -0.39 is 10.0 Å². The molecule has 0 aliphatic carbocycles. The molecule has 3 rings (SSSR count). The molecule has 0 fully saturated rings. The van der Waals surface area contributed by atoms with Gasteiger partial charge in [0, 0.05) is 25.7 Å². The Kier molecular flexibility index (Phi) is 5.51. The van der Waals surface area contributed by atoms with Gasteiger partial charge < -0.3 is 0 Å². The lowest BCUT2D eigenvalue weighted by molar-refractivity contribution is 0.177. The van der Waals surface area contributed by atoms with Crippen molar-refractivity contribution in [3.05, 3.63) is 65.7 Å². The first-order valence-electron chi connectivity index (χ1n) is 9.12. The maximum atomic E-state index is 12.8. The molecule has 26 heavy (non-hydrogen) atoms. The van der Waals surface area contributed by atoms with Gasteiger partial charge in [0.1, 0.15) is 0 Å². The topological polar surface area (TPSA) is 49.4 Å². The lowest BCUT2D eigenvalue weighted by atomic mass is 9.86. The van der Waals surface area contributed by atoms with Crippen LogP contribution in [0.5, 0.6) is 0 Å². The Balaban J connectivity index is 1.76. The third-order valence-electron chi connectivity index (χ3n) is 5.05. The maximum Gasteiger partial charge on any atom is 0.240 e. The summed E-state index contributed by atoms with van der Waals surface area (Å²) in [5.41, 5.74) is 2.57. The van der Waals surface area contributed by atoms with Crippen LogP contribution in [0.2, 0.25) is 0 Å². The lowest BCUT2D eigenvalue weighted by Crippen LogP contribution is -2.51. The molecule has 0 saturated carbocycles. The van der Waals surface area contributed by atoms with E-state index in [1.807, 2.05) is 6.07 Å². The van der Waals surface area contributed by atoms with E-state index in [1.54, 1.807) is 24.3 Å². The first-order valence-corrected chi connectivity index (χ1v) is 10.6. The second kappa shape index (κ2) is 7.51. The highest BCUT2D eigenvalue weighted by molar-refractivity contribution is 7.89. The van der Waals surface area contributed by atoms with Gasteiger partial charge in [-0.3, -0.25) is 4.90 Å². The molecular formula is C21H28N2O2S. The zero-order valence-corrected chi connectivity index (χ0v) is 16.6. The van der Waals surface area contributed by atoms with Gasteiger partial charge in [-0.2, -0.15) is 0 Å². The minimum absolute atomic E-state index is 0.169. The van der Waals surface area contributed by atoms with Crippen LogP contribution in [0.3, 0.4) is 0 Å². The van der Waals surface area contributed by atoms with Gasteiger partial charge >= 0.3 is 0 Å². The molecule has 140 valence electrons. The summed E-state index contributed by atoms with van der Waals surface area (Å²) in [5, 5.41) is 0. The van der Waals surface area contributed by atoms with E-state index in [4.69, 9.17) is 0 Å². The quantitative estimate of drug-likeness (QED) is 0.875. The summed E-state index contributed by atoms with van der Waals surface area (Å²) in [6, 6.07) is 16.9. The fourth-order valence-corrected chi connectivity index (χ4v) is 4.77. The Morgan fingerprint density at radius 3 is 2.27 bits per heavy atom. The van der Waals surface area contributed by atoms with Gasteiger partial charge in [-0.15, -0.1) is 0 Å². The van der Waals surface area contributed by atoms with Gasteiger partial charge in [0.25, 0.3) is 0 Å². The van der Waals surface area contributed by atoms with Crippen LogP contribution in [0.4, 0.5) is 0 Å². The van der Waals surface area contributed by atoms with Gasteiger partial charge in [0.15, 0.2) is 0 Å². The molecule has 0 aromatic heterocycles. The van der Waals surface area contributed by atoms with Crippen molar-refractivity contribution in [2.75, 3.05) is 13.1 Å². The van der Waals surface area contributed by atoms with Gasteiger partial charge in [-0.05, 0) is 35.1 Å². The SMILES string of the molecule is CC(C)(C)C(CN1CCc2ccccc2C1)NS(=O)(=O)c1ccccc1. The van der Waals surface area contributed by atoms with Gasteiger partial charge in [-0.25, -0.2) is 13.1 Å². The molecule has 5 heteroatoms. The van der Waals surface area contributed by atoms with E-state index >= 15 is 0 Å². The zero-order chi connectivity index (χ0) is 18.8. The Morgan fingerprint density at radius 2 is 1.62 bits per heavy atom. The average molecular weight is 373 g/mol. The summed E-state index contributed by atoms with van der Waals surface area (Å²) in [6.07, 6.45) is 1.01. The number of fused-ring (bicyclic) bond motifs is 1. The molecule has 0 saturated heterocycles. The van der Waals surface area contributed by atoms with Crippen LogP contribution in [0.15, 0.2) is 59.5 Å². The highest BCUT2D eigenvalue weighted by Crippen LogP contribution is 2.25. The monoisotopic (exact) mass is 372 g/mol. The molecule has 1 N–H and O–H groups in total. The number of rotatable bonds is 5. The second-order valence-corrected chi connectivity index (χ2v) is 9.82. The van der Waals surface area contributed by atoms with Gasteiger partial charge in [-0.1, -0.05) is 63.2 Å². The fourth-order valence-electron chi connectivity index (χ4n) is 3.31. The molecule has 1 atom stereocenters. The van der Waals surface area contributed by atoms with Crippen LogP contribution in [0.25, 0.3) is 0 Å². The third-order valence-corrected chi connectivity index (χ3v) is 6.53. The summed E-state index contributed by atoms with van der Waals surface area (Å²) in [7, 11) is -3.53. The fraction of sp³-hybridized carbons (Fsp3) is 0.429. The molecule has 0 radical (unpaired) electrons. The summed E-state index contributed by atoms with van der Waals surface area (Å²) in [4.78, 5) is 2.67. The molecule has 1 heterocycles. The second-order valence-electron chi connectivity index (χ2n) is 8.11. The standard InChI is InChI=1S/C21H28N2O2S/c1-21(2,3)20(22-26(24,25)19-11-5-4-6-12-19)16-23-14-13-17-9-7-8-10-18(17)15-23/h4-12,20,22H,13-16H2,1-3H3. The first-order chi connectivity index (χ1) is 12.3. The van der Waals surface area contributed by atoms with E-state index in [2.05, 4.69) is 54.7 Å². The van der Waals surface area contributed by atoms with Crippen LogP contribution < -0.4 is 4.72 Å². The highest BCUT2D eigenvalue weighted by atomic mass is 32.2. The lowest BCUT2D eigenvalue weighted by Gasteiger charge is -2.37. The van der Waals surface area contributed by atoms with E-state index in [0.717, 1.165) is 19.5 Å². The van der Waals surface area contributed by atoms with Crippen molar-refractivity contribution < 1.29 is 8.42 Å². The van der Waals surface area contributed by atoms with Gasteiger partial charge in [0.2, 0.25) is 10.0 Å². The first kappa shape index (κ1) is 19.1. The molecule has 4 nitrogen and oxygen atoms in total. The Bertz CT molecular complexity index is 842. The Morgan fingerprint density at radius 1 is 1.00 bits per heavy atom. The number of sulfonamides is 1. The Hall–Kier alpha value is -1.69. The number of hydrogen-bond acceptors (Lipinski definition) is 3. The minimum Gasteiger partial charge on any atom is -0.297 e. The van der Waals surface area contributed by atoms with Crippen molar-refractivity contribution in [3.8, 4) is 0 Å². The normalized spacial score (nSPS) is 16.9. The van der Waals surface area contributed by atoms with Crippen molar-refractivity contribution in [1.82, 2.24) is 9.62 Å². The molecule has 1 aliphatic rings. The summed E-state index contributed by atoms with van der Waals surface area (Å²) >= 11 is 0. The summed E-state index contributed by atoms with van der Waals surface area (Å²) in [6.45, 7) is 8.78. The molecule has 2 aromatic rings. The van der Waals surface area contributed by atoms with Crippen LogP contribution in [-0.4, -0.2) is 32.4 Å². The Labute approximate surface area is 157 Å². The van der Waals surface area contributed by atoms with Crippen molar-refractivity contribution in [2.24, 2.45) is 5.41 Å². The average Bonchev–Trinajstić information content (AvgIpc) is 2.61. The smallest absolute Gasteiger partial charge is 0.240 e. The number of nitrogens with zero attached hydrogens (tertiary/aromatic N) is 1. The summed E-state index contributed by atoms with van der Waals surface area (Å²) in [5.74, 6) is 0. The number of benzene rings is 2. The van der Waals surface area contributed by atoms with Crippen molar-refractivity contribution >= 4 is 10.0 Å². The molecular weight excluding hydrogens is 344 g/mol. The predicted molar refractivity (Wildman–Crippen MR) is 105 cm³/mol. The minimum atomic E-state index is -3.53. The third kappa shape index (κ3) is 4.53. The molecule has 1 unspecified atom stereocenters. The molecule has 0 bridgehead atoms. The molecule has 2 aromatic carbocycles. The van der Waals surface area contributed by atoms with Crippen molar-refractivity contribution in [1.29, 1.82) is 0 Å². The van der Waals surface area contributed by atoms with E-state index in [0.29, 0.717) is 11.4 Å². The van der Waals surface area contributed by atoms with Crippen molar-refractivity contribution in [3.63, 3.8) is 0 Å². The van der Waals surface area contributed by atoms with E-state index in [1.165, 1.54) is 11.1 Å². The van der Waals surface area contributed by atoms with Gasteiger partial charge in [0.05, 0.1) is 4.90 Å². The van der Waals surface area contributed by atoms with Crippen LogP contribution in [-0.2, 0) is 23.0 Å². The van der Waals surface area contributed by atoms with Crippen LogP contribution in [0.1, 0.15) is 31.9 Å². The highest BCUT2D eigenvalue weighted by Gasteiger charge is 2.32. The zero-order valence-electron chi connectivity index (χ0n) is 15.8. The van der Waals surface area contributed by atoms with E-state index in [-0.39, 0.29) is 11.5 Å². The summed E-state index contributed by atoms with van der Waals surface area (Å²) < 4.78 is 28.6. The predicted octanol–water partition coefficient (Wildman–Crippen LogP) is 3.44.